The molecule has 3 amide bonds. The van der Waals surface area contributed by atoms with E-state index in [0.717, 1.165) is 0 Å². The van der Waals surface area contributed by atoms with Crippen molar-refractivity contribution in [1.29, 1.82) is 0 Å². The normalized spacial score (nSPS) is 24.9. The molecule has 10 N–H and O–H groups in total. The first kappa shape index (κ1) is 108. The summed E-state index contributed by atoms with van der Waals surface area (Å²) >= 11 is 0. The van der Waals surface area contributed by atoms with Crippen LogP contribution in [0.1, 0.15) is 165 Å². The molecule has 0 bridgehead atoms. The van der Waals surface area contributed by atoms with Gasteiger partial charge >= 0.3 is 61.3 Å². The van der Waals surface area contributed by atoms with Crippen molar-refractivity contribution in [3.63, 3.8) is 0 Å². The van der Waals surface area contributed by atoms with Gasteiger partial charge in [0.25, 0.3) is 0 Å². The Labute approximate surface area is 704 Å². The maximum Gasteiger partial charge on any atom is 0.490 e. The number of carboxylic acids is 1. The average molecular weight is 1870 g/mol. The summed E-state index contributed by atoms with van der Waals surface area (Å²) in [6, 6.07) is 1.40. The van der Waals surface area contributed by atoms with Crippen LogP contribution >= 0.6 is 0 Å². The maximum atomic E-state index is 14.6. The molecule has 9 unspecified atom stereocenters. The number of amides is 3. The molecule has 5 fully saturated rings. The molecule has 5 aromatic rings. The Kier molecular flexibility index (Phi) is 34.2. The number of alkyl halides is 18. The van der Waals surface area contributed by atoms with Gasteiger partial charge in [-0.25, -0.2) is 41.1 Å². The molecule has 5 aromatic heterocycles. The average Bonchev–Trinajstić information content (AvgIpc) is 0.747. The van der Waals surface area contributed by atoms with E-state index < -0.39 is 221 Å². The Balaban J connectivity index is 0.000000277. The Morgan fingerprint density at radius 3 is 1.14 bits per heavy atom. The zero-order valence-corrected chi connectivity index (χ0v) is 68.4. The van der Waals surface area contributed by atoms with E-state index in [2.05, 4.69) is 50.9 Å². The minimum absolute atomic E-state index is 0.0219. The number of hydrogen-bond acceptors (Lipinski definition) is 24. The summed E-state index contributed by atoms with van der Waals surface area (Å²) in [6.45, 7) is 15.9. The van der Waals surface area contributed by atoms with E-state index in [1.807, 2.05) is 0 Å². The van der Waals surface area contributed by atoms with Crippen LogP contribution in [0.15, 0.2) is 66.4 Å². The van der Waals surface area contributed by atoms with Crippen molar-refractivity contribution in [2.24, 2.45) is 10.8 Å². The standard InChI is InChI=1S/C17H22F4N2O4.C16H20F4N2O4.C16H18F4N2O4.C12H14F4N2O2.C11H10F4N4O2.C2HF3O2/c1-14(2,3)27-13(24)23-16(5-6-26-9-15(16,4)25)12-11(18)7-10(8-22-12)17(19,20)21;2*1-14(2,3)26-13(24)22-15(4-5-25-8-11(15)23)12-10(17)6-9(7-21-12)16(18,19)20;1-10(19)6-20-3-2-11(10,17)9-8(13)4-7(5-18-9)12(14,15)16;12-7-3-6(11(13,14)15)4-17-9(7)10(18-19-16)1-2-21-5-8(10)20;3-2(4,5)1(6)7/h7-8,25H,5-6,9H2,1-4H3,(H,23,24);6-7,11,23H,4-5,8H2,1-3H3,(H,22,24);6-7H,4-5,8H2,1-3H3,(H,22,24);4-5,19H,2-3,6,17H2,1H3;3-4,8,20H,1-2,5H2;(H,6,7). The first-order chi connectivity index (χ1) is 57.7. The fourth-order valence-electron chi connectivity index (χ4n) is 12.4. The van der Waals surface area contributed by atoms with E-state index in [-0.39, 0.29) is 122 Å². The lowest BCUT2D eigenvalue weighted by atomic mass is 9.74. The van der Waals surface area contributed by atoms with Crippen LogP contribution in [0.4, 0.5) is 115 Å². The highest BCUT2D eigenvalue weighted by molar-refractivity contribution is 5.94. The molecule has 710 valence electrons. The molecule has 0 aromatic carbocycles. The molecule has 53 heteroatoms. The van der Waals surface area contributed by atoms with Gasteiger partial charge in [0.2, 0.25) is 0 Å². The van der Waals surface area contributed by atoms with E-state index in [9.17, 15) is 141 Å². The van der Waals surface area contributed by atoms with Gasteiger partial charge in [-0.15, -0.1) is 0 Å². The second-order valence-corrected chi connectivity index (χ2v) is 31.9. The fourth-order valence-corrected chi connectivity index (χ4v) is 12.4. The van der Waals surface area contributed by atoms with Crippen molar-refractivity contribution in [3.05, 3.63) is 157 Å². The van der Waals surface area contributed by atoms with Crippen molar-refractivity contribution < 1.29 is 188 Å². The topological polar surface area (TPSA) is 436 Å². The van der Waals surface area contributed by atoms with Crippen LogP contribution < -0.4 is 21.7 Å². The molecule has 9 atom stereocenters. The number of hydrogen-bond donors (Lipinski definition) is 9. The highest BCUT2D eigenvalue weighted by Crippen LogP contribution is 2.46. The SMILES string of the molecule is CC(C)(C)OC(=O)NC1(c2ncc(C(F)(F)F)cc2F)CCOCC1(C)O.CC(C)(C)OC(=O)NC1(c2ncc(C(F)(F)F)cc2F)CCOCC1=O.CC(C)(C)OC(=O)NC1(c2ncc(C(F)(F)F)cc2F)CCOCC1O.CC1(O)COCCC1(N)c1ncc(C(F)(F)F)cc1F.O=C(O)C(F)(F)F.[N-]=[N+]=NC1(c2ncc(C(F)(F)F)cc2F)CCOCC1O. The summed E-state index contributed by atoms with van der Waals surface area (Å²) in [5.41, 5.74) is -9.30. The van der Waals surface area contributed by atoms with Crippen LogP contribution in [-0.4, -0.2) is 193 Å². The number of aliphatic hydroxyl groups excluding tert-OH is 2. The number of aliphatic hydroxyl groups is 4. The number of carbonyl (C=O) groups is 5. The number of nitrogens with two attached hydrogens (primary N) is 1. The van der Waals surface area contributed by atoms with Crippen molar-refractivity contribution in [3.8, 4) is 0 Å². The van der Waals surface area contributed by atoms with Gasteiger partial charge in [0.1, 0.15) is 104 Å². The molecule has 5 saturated heterocycles. The Morgan fingerprint density at radius 2 is 0.795 bits per heavy atom. The number of ether oxygens (including phenoxy) is 8. The molecule has 10 rings (SSSR count). The predicted molar refractivity (Wildman–Crippen MR) is 385 cm³/mol. The number of carbonyl (C=O) groups excluding carboxylic acids is 4. The number of rotatable bonds is 9. The number of halogens is 23. The Morgan fingerprint density at radius 1 is 0.465 bits per heavy atom. The Bertz CT molecular complexity index is 4730. The number of Topliss-reactive ketones (excluding diaryl/α,β-unsaturated/α-hetero) is 1. The van der Waals surface area contributed by atoms with Gasteiger partial charge in [-0.1, -0.05) is 5.11 Å². The van der Waals surface area contributed by atoms with Gasteiger partial charge in [0, 0.05) is 81.6 Å². The van der Waals surface area contributed by atoms with Crippen LogP contribution in [-0.2, 0) is 106 Å². The third kappa shape index (κ3) is 27.8. The fraction of sp³-hybridized carbons (Fsp3) is 0.595. The number of aliphatic carboxylic acids is 1. The first-order valence-electron chi connectivity index (χ1n) is 36.8. The van der Waals surface area contributed by atoms with Crippen LogP contribution in [0.3, 0.4) is 0 Å². The van der Waals surface area contributed by atoms with Crippen LogP contribution in [0.25, 0.3) is 10.4 Å². The third-order valence-electron chi connectivity index (χ3n) is 18.7. The van der Waals surface area contributed by atoms with E-state index in [0.29, 0.717) is 37.1 Å². The molecule has 10 heterocycles. The second kappa shape index (κ2) is 40.3. The van der Waals surface area contributed by atoms with Gasteiger partial charge in [0.05, 0.1) is 83.9 Å². The number of ketones is 1. The van der Waals surface area contributed by atoms with Gasteiger partial charge in [-0.3, -0.25) is 29.7 Å². The van der Waals surface area contributed by atoms with Gasteiger partial charge in [0.15, 0.2) is 11.3 Å². The lowest BCUT2D eigenvalue weighted by Gasteiger charge is -2.48. The smallest absolute Gasteiger partial charge is 0.475 e. The summed E-state index contributed by atoms with van der Waals surface area (Å²) in [7, 11) is 0. The van der Waals surface area contributed by atoms with Crippen LogP contribution in [0.5, 0.6) is 0 Å². The highest BCUT2D eigenvalue weighted by Gasteiger charge is 2.57. The molecule has 30 nitrogen and oxygen atoms in total. The lowest BCUT2D eigenvalue weighted by molar-refractivity contribution is -0.192. The molecule has 5 aliphatic rings. The molecule has 0 spiro atoms. The van der Waals surface area contributed by atoms with Crippen LogP contribution in [0, 0.1) is 29.1 Å². The van der Waals surface area contributed by atoms with Crippen molar-refractivity contribution in [2.45, 2.75) is 213 Å². The first-order valence-corrected chi connectivity index (χ1v) is 36.8. The molecular formula is C74H85F23N12O18. The maximum absolute atomic E-state index is 14.6. The third-order valence-corrected chi connectivity index (χ3v) is 18.7. The van der Waals surface area contributed by atoms with E-state index >= 15 is 0 Å². The summed E-state index contributed by atoms with van der Waals surface area (Å²) in [4.78, 5) is 78.1. The number of pyridine rings is 5. The Hall–Kier alpha value is -10.0. The highest BCUT2D eigenvalue weighted by atomic mass is 19.4. The number of alkyl carbamates (subject to hydrolysis) is 3. The zero-order valence-electron chi connectivity index (χ0n) is 68.4. The minimum atomic E-state index is -5.08. The van der Waals surface area contributed by atoms with Gasteiger partial charge in [-0.2, -0.15) is 79.0 Å². The molecule has 127 heavy (non-hydrogen) atoms. The second-order valence-electron chi connectivity index (χ2n) is 31.9. The molecule has 0 aliphatic carbocycles. The quantitative estimate of drug-likeness (QED) is 0.0218. The molecule has 0 radical (unpaired) electrons. The number of azide groups is 1. The van der Waals surface area contributed by atoms with Crippen molar-refractivity contribution >= 4 is 30.0 Å². The van der Waals surface area contributed by atoms with E-state index in [1.54, 1.807) is 62.3 Å². The summed E-state index contributed by atoms with van der Waals surface area (Å²) in [5.74, 6) is -9.93. The van der Waals surface area contributed by atoms with Gasteiger partial charge < -0.3 is 85.1 Å². The zero-order chi connectivity index (χ0) is 97.1. The van der Waals surface area contributed by atoms with Crippen molar-refractivity contribution in [2.75, 3.05) is 66.1 Å². The predicted octanol–water partition coefficient (Wildman–Crippen LogP) is 13.5. The summed E-state index contributed by atoms with van der Waals surface area (Å²) in [5, 5.41) is 58.9. The molecule has 5 aliphatic heterocycles. The van der Waals surface area contributed by atoms with Crippen molar-refractivity contribution in [1.82, 2.24) is 40.9 Å². The van der Waals surface area contributed by atoms with Crippen LogP contribution in [0.2, 0.25) is 0 Å². The number of carboxylic acid groups (broad SMARTS) is 1. The number of nitrogens with one attached hydrogen (secondary N) is 3. The lowest BCUT2D eigenvalue weighted by Crippen LogP contribution is -2.66. The van der Waals surface area contributed by atoms with E-state index in [1.165, 1.54) is 13.8 Å². The number of aromatic nitrogens is 5. The summed E-state index contributed by atoms with van der Waals surface area (Å²) < 4.78 is 334. The largest absolute Gasteiger partial charge is 0.490 e. The molecule has 0 saturated carbocycles. The monoisotopic (exact) mass is 1870 g/mol. The van der Waals surface area contributed by atoms with E-state index in [4.69, 9.17) is 59.1 Å². The van der Waals surface area contributed by atoms with Gasteiger partial charge in [-0.05, 0) is 125 Å². The molecular weight excluding hydrogens is 1780 g/mol. The summed E-state index contributed by atoms with van der Waals surface area (Å²) in [6.07, 6.45) is -32.8. The number of nitrogens with zero attached hydrogens (tertiary/aromatic N) is 8. The minimum Gasteiger partial charge on any atom is -0.475 e.